The lowest BCUT2D eigenvalue weighted by Crippen LogP contribution is -2.24. The normalized spacial score (nSPS) is 25.6. The Morgan fingerprint density at radius 2 is 2.25 bits per heavy atom. The van der Waals surface area contributed by atoms with Gasteiger partial charge in [0.2, 0.25) is 0 Å². The third-order valence-corrected chi connectivity index (χ3v) is 4.70. The highest BCUT2D eigenvalue weighted by Crippen LogP contribution is 2.37. The Labute approximate surface area is 162 Å². The number of cyclic esters (lactones) is 1. The van der Waals surface area contributed by atoms with Crippen molar-refractivity contribution in [2.45, 2.75) is 25.4 Å². The Morgan fingerprint density at radius 1 is 1.46 bits per heavy atom. The lowest BCUT2D eigenvalue weighted by molar-refractivity contribution is 0.141. The maximum Gasteiger partial charge on any atom is 0.414 e. The molecule has 2 N–H and O–H groups in total. The minimum atomic E-state index is -1.04. The Hall–Kier alpha value is -3.36. The molecule has 1 aromatic rings. The largest absolute Gasteiger partial charge is 0.444 e. The predicted molar refractivity (Wildman–Crippen MR) is 102 cm³/mol. The summed E-state index contributed by atoms with van der Waals surface area (Å²) in [4.78, 5) is 21.6. The molecule has 2 heterocycles. The van der Waals surface area contributed by atoms with Crippen molar-refractivity contribution in [3.05, 3.63) is 65.4 Å². The molecule has 0 aromatic carbocycles. The number of halogens is 1. The van der Waals surface area contributed by atoms with Crippen LogP contribution < -0.4 is 5.84 Å². The van der Waals surface area contributed by atoms with Crippen LogP contribution in [0.2, 0.25) is 0 Å². The van der Waals surface area contributed by atoms with E-state index in [4.69, 9.17) is 10.6 Å². The number of amides is 1. The van der Waals surface area contributed by atoms with E-state index in [1.54, 1.807) is 57.5 Å². The summed E-state index contributed by atoms with van der Waals surface area (Å²) in [6.45, 7) is 3.91. The zero-order chi connectivity index (χ0) is 20.3. The summed E-state index contributed by atoms with van der Waals surface area (Å²) in [7, 11) is 1.55. The van der Waals surface area contributed by atoms with Crippen molar-refractivity contribution in [2.75, 3.05) is 13.6 Å². The Kier molecular flexibility index (Phi) is 5.34. The first-order valence-corrected chi connectivity index (χ1v) is 8.69. The molecular formula is C19H21FN6O2. The second-order valence-corrected chi connectivity index (χ2v) is 6.65. The van der Waals surface area contributed by atoms with Crippen molar-refractivity contribution >= 4 is 11.9 Å². The number of carbonyl (C=O) groups is 1. The number of hydrogen-bond acceptors (Lipinski definition) is 5. The fraction of sp³-hybridized carbons (Fsp3) is 0.316. The number of pyridine rings is 1. The molecule has 3 rings (SSSR count). The van der Waals surface area contributed by atoms with Gasteiger partial charge in [0.25, 0.3) is 0 Å². The van der Waals surface area contributed by atoms with Gasteiger partial charge in [-0.2, -0.15) is 0 Å². The Bertz CT molecular complexity index is 919. The second-order valence-electron chi connectivity index (χ2n) is 6.65. The van der Waals surface area contributed by atoms with Crippen molar-refractivity contribution in [3.8, 4) is 0 Å². The molecule has 1 fully saturated rings. The highest BCUT2D eigenvalue weighted by molar-refractivity contribution is 5.97. The van der Waals surface area contributed by atoms with Crippen molar-refractivity contribution in [3.63, 3.8) is 0 Å². The van der Waals surface area contributed by atoms with Gasteiger partial charge >= 0.3 is 6.09 Å². The van der Waals surface area contributed by atoms with E-state index in [0.29, 0.717) is 23.5 Å². The van der Waals surface area contributed by atoms with E-state index in [9.17, 15) is 4.79 Å². The van der Waals surface area contributed by atoms with Gasteiger partial charge in [0.05, 0.1) is 12.0 Å². The number of allylic oxidation sites excluding steroid dienone is 5. The van der Waals surface area contributed by atoms with Crippen molar-refractivity contribution in [2.24, 2.45) is 21.2 Å². The van der Waals surface area contributed by atoms with Gasteiger partial charge in [-0.05, 0) is 37.6 Å². The molecule has 1 unspecified atom stereocenters. The number of nitrogens with zero attached hydrogens (tertiary/aromatic N) is 5. The van der Waals surface area contributed by atoms with Gasteiger partial charge in [0.1, 0.15) is 17.6 Å². The number of aromatic nitrogens is 1. The number of aliphatic imine (C=N–C) groups is 1. The second kappa shape index (κ2) is 7.71. The molecule has 0 saturated carbocycles. The van der Waals surface area contributed by atoms with Crippen LogP contribution in [-0.4, -0.2) is 41.5 Å². The third kappa shape index (κ3) is 3.55. The summed E-state index contributed by atoms with van der Waals surface area (Å²) < 4.78 is 20.4. The average molecular weight is 384 g/mol. The summed E-state index contributed by atoms with van der Waals surface area (Å²) >= 11 is 0. The topological polar surface area (TPSA) is 106 Å². The summed E-state index contributed by atoms with van der Waals surface area (Å²) in [6, 6.07) is 3.42. The highest BCUT2D eigenvalue weighted by atomic mass is 19.1. The standard InChI is InChI=1S/C19H21FN6O2/c1-12-11-26(18(27)28-12)14-5-4-8-19(2,16(20)9-14)13-6-7-15(23-10-13)17(22-3)24-25-21/h4-10,12H,11H2,1-3H3,(H2,21,22,24)/t12-,19?/m0/s1. The van der Waals surface area contributed by atoms with Gasteiger partial charge in [-0.3, -0.25) is 14.9 Å². The van der Waals surface area contributed by atoms with Crippen molar-refractivity contribution < 1.29 is 13.9 Å². The van der Waals surface area contributed by atoms with Gasteiger partial charge < -0.3 is 10.6 Å². The van der Waals surface area contributed by atoms with Crippen molar-refractivity contribution in [1.29, 1.82) is 0 Å². The molecule has 1 aliphatic carbocycles. The lowest BCUT2D eigenvalue weighted by Gasteiger charge is -2.24. The third-order valence-electron chi connectivity index (χ3n) is 4.70. The molecule has 0 bridgehead atoms. The van der Waals surface area contributed by atoms with Crippen LogP contribution in [0.25, 0.3) is 0 Å². The van der Waals surface area contributed by atoms with E-state index in [1.165, 1.54) is 11.0 Å². The van der Waals surface area contributed by atoms with E-state index in [0.717, 1.165) is 0 Å². The maximum absolute atomic E-state index is 15.2. The molecule has 1 amide bonds. The number of amidine groups is 1. The Morgan fingerprint density at radius 3 is 2.82 bits per heavy atom. The summed E-state index contributed by atoms with van der Waals surface area (Å²) in [5.74, 6) is 4.93. The van der Waals surface area contributed by atoms with Gasteiger partial charge in [-0.1, -0.05) is 23.4 Å². The molecule has 28 heavy (non-hydrogen) atoms. The van der Waals surface area contributed by atoms with Crippen LogP contribution in [0.1, 0.15) is 25.1 Å². The SMILES string of the molecule is CN=C(N=NN)c1ccc(C2(C)C=CC=C(N3C[C@H](C)OC3=O)C=C2F)cn1. The van der Waals surface area contributed by atoms with Crippen LogP contribution in [0.15, 0.2) is 69.5 Å². The molecule has 2 atom stereocenters. The first kappa shape index (κ1) is 19.4. The van der Waals surface area contributed by atoms with Gasteiger partial charge in [-0.15, -0.1) is 5.11 Å². The molecule has 8 nitrogen and oxygen atoms in total. The molecule has 1 aromatic heterocycles. The molecule has 0 radical (unpaired) electrons. The maximum atomic E-state index is 15.2. The van der Waals surface area contributed by atoms with E-state index >= 15 is 4.39 Å². The van der Waals surface area contributed by atoms with Crippen LogP contribution in [0.3, 0.4) is 0 Å². The zero-order valence-corrected chi connectivity index (χ0v) is 15.8. The van der Waals surface area contributed by atoms with Crippen LogP contribution in [0.5, 0.6) is 0 Å². The molecule has 1 saturated heterocycles. The number of hydrogen-bond donors (Lipinski definition) is 1. The Balaban J connectivity index is 1.91. The number of carbonyl (C=O) groups excluding carboxylic acids is 1. The highest BCUT2D eigenvalue weighted by Gasteiger charge is 2.35. The molecule has 0 spiro atoms. The van der Waals surface area contributed by atoms with Gasteiger partial charge in [0.15, 0.2) is 5.84 Å². The van der Waals surface area contributed by atoms with Crippen LogP contribution >= 0.6 is 0 Å². The number of ether oxygens (including phenoxy) is 1. The average Bonchev–Trinajstić information content (AvgIpc) is 2.94. The molecule has 1 aliphatic heterocycles. The molecular weight excluding hydrogens is 363 g/mol. The summed E-state index contributed by atoms with van der Waals surface area (Å²) in [6.07, 6.45) is 7.34. The quantitative estimate of drug-likeness (QED) is 0.284. The summed E-state index contributed by atoms with van der Waals surface area (Å²) in [5, 5.41) is 6.92. The van der Waals surface area contributed by atoms with E-state index in [2.05, 4.69) is 20.3 Å². The number of nitrogens with two attached hydrogens (primary N) is 1. The van der Waals surface area contributed by atoms with E-state index in [-0.39, 0.29) is 11.9 Å². The van der Waals surface area contributed by atoms with Crippen molar-refractivity contribution in [1.82, 2.24) is 9.88 Å². The van der Waals surface area contributed by atoms with Gasteiger partial charge in [0, 0.05) is 18.9 Å². The molecule has 9 heteroatoms. The van der Waals surface area contributed by atoms with Gasteiger partial charge in [-0.25, -0.2) is 9.18 Å². The van der Waals surface area contributed by atoms with Crippen LogP contribution in [-0.2, 0) is 10.2 Å². The molecule has 146 valence electrons. The van der Waals surface area contributed by atoms with E-state index < -0.39 is 17.3 Å². The first-order chi connectivity index (χ1) is 13.4. The van der Waals surface area contributed by atoms with Crippen LogP contribution in [0.4, 0.5) is 9.18 Å². The molecule has 2 aliphatic rings. The monoisotopic (exact) mass is 384 g/mol. The summed E-state index contributed by atoms with van der Waals surface area (Å²) in [5.41, 5.74) is 0.505. The number of rotatable bonds is 3. The minimum Gasteiger partial charge on any atom is -0.444 e. The zero-order valence-electron chi connectivity index (χ0n) is 15.8. The fourth-order valence-electron chi connectivity index (χ4n) is 3.06. The van der Waals surface area contributed by atoms with Crippen LogP contribution in [0, 0.1) is 0 Å². The predicted octanol–water partition coefficient (Wildman–Crippen LogP) is 3.19. The lowest BCUT2D eigenvalue weighted by atomic mass is 9.81. The smallest absolute Gasteiger partial charge is 0.414 e. The van der Waals surface area contributed by atoms with E-state index in [1.807, 2.05) is 0 Å². The fourth-order valence-corrected chi connectivity index (χ4v) is 3.06. The first-order valence-electron chi connectivity index (χ1n) is 8.69. The minimum absolute atomic E-state index is 0.236.